The Kier molecular flexibility index (Phi) is 6.25. The fourth-order valence-corrected chi connectivity index (χ4v) is 6.28. The number of carbonyl (C=O) groups is 1. The number of rotatable bonds is 4. The number of benzene rings is 4. The van der Waals surface area contributed by atoms with Crippen molar-refractivity contribution in [3.8, 4) is 27.9 Å². The molecule has 4 aromatic carbocycles. The van der Waals surface area contributed by atoms with Gasteiger partial charge in [0, 0.05) is 16.1 Å². The Morgan fingerprint density at radius 1 is 1.05 bits per heavy atom. The second-order valence-electron chi connectivity index (χ2n) is 11.3. The number of nitrogens with one attached hydrogen (secondary N) is 1. The van der Waals surface area contributed by atoms with Crippen molar-refractivity contribution in [1.82, 2.24) is 9.55 Å². The molecule has 1 amide bonds. The van der Waals surface area contributed by atoms with Crippen LogP contribution in [0.3, 0.4) is 0 Å². The zero-order chi connectivity index (χ0) is 30.2. The minimum Gasteiger partial charge on any atom is -0.386 e. The van der Waals surface area contributed by atoms with Crippen molar-refractivity contribution in [2.75, 3.05) is 0 Å². The first-order chi connectivity index (χ1) is 19.8. The maximum Gasteiger partial charge on any atom is 0.333 e. The normalized spacial score (nSPS) is 12.5. The second kappa shape index (κ2) is 9.51. The first kappa shape index (κ1) is 27.6. The molecule has 4 N–H and O–H groups in total. The summed E-state index contributed by atoms with van der Waals surface area (Å²) in [6.45, 7) is 6.85. The number of aliphatic hydroxyl groups is 1. The van der Waals surface area contributed by atoms with Crippen LogP contribution in [0.4, 0.5) is 4.39 Å². The van der Waals surface area contributed by atoms with Gasteiger partial charge in [-0.2, -0.15) is 0 Å². The summed E-state index contributed by atoms with van der Waals surface area (Å²) in [5.74, 6) is -1.29. The molecule has 212 valence electrons. The Bertz CT molecular complexity index is 2120. The number of fused-ring (bicyclic) bond motifs is 4. The van der Waals surface area contributed by atoms with Gasteiger partial charge in [0.2, 0.25) is 5.91 Å². The molecule has 9 heteroatoms. The molecule has 42 heavy (non-hydrogen) atoms. The van der Waals surface area contributed by atoms with Crippen LogP contribution in [0, 0.1) is 19.7 Å². The molecular formula is C33H27ClFN3O4. The Hall–Kier alpha value is -4.53. The smallest absolute Gasteiger partial charge is 0.333 e. The van der Waals surface area contributed by atoms with Gasteiger partial charge in [-0.1, -0.05) is 41.9 Å². The third-order valence-corrected chi connectivity index (χ3v) is 8.32. The standard InChI is InChI=1S/C33H27ClFN3O4/c1-15-10-23-29(25(35)11-15)37-32(41)38(31(23)40)26-7-5-6-19(16(26)2)28-24(34)14-22(30(36)39)21-13-17-12-18(33(3,4)42)8-9-20(17)27(21)28/h5-12,14,42H,13H2,1-4H3,(H2,36,39)(H,37,41). The summed E-state index contributed by atoms with van der Waals surface area (Å²) in [6.07, 6.45) is 0.407. The van der Waals surface area contributed by atoms with Crippen molar-refractivity contribution < 1.29 is 14.3 Å². The van der Waals surface area contributed by atoms with Crippen LogP contribution >= 0.6 is 11.6 Å². The van der Waals surface area contributed by atoms with Crippen molar-refractivity contribution >= 4 is 28.4 Å². The zero-order valence-electron chi connectivity index (χ0n) is 23.4. The summed E-state index contributed by atoms with van der Waals surface area (Å²) in [5.41, 5.74) is 10.0. The van der Waals surface area contributed by atoms with Crippen LogP contribution in [0.2, 0.25) is 5.02 Å². The SMILES string of the molecule is Cc1cc(F)c2[nH]c(=O)n(-c3cccc(-c4c(Cl)cc(C(N)=O)c5c4-c4ccc(C(C)(C)O)cc4C5)c3C)c(=O)c2c1. The molecule has 0 aliphatic heterocycles. The number of hydrogen-bond acceptors (Lipinski definition) is 4. The first-order valence-corrected chi connectivity index (χ1v) is 13.7. The maximum absolute atomic E-state index is 14.6. The van der Waals surface area contributed by atoms with E-state index in [-0.39, 0.29) is 15.9 Å². The summed E-state index contributed by atoms with van der Waals surface area (Å²) in [4.78, 5) is 41.8. The highest BCUT2D eigenvalue weighted by atomic mass is 35.5. The number of carbonyl (C=O) groups excluding carboxylic acids is 1. The van der Waals surface area contributed by atoms with Gasteiger partial charge in [-0.05, 0) is 103 Å². The van der Waals surface area contributed by atoms with Crippen LogP contribution in [-0.2, 0) is 12.0 Å². The molecule has 0 bridgehead atoms. The largest absolute Gasteiger partial charge is 0.386 e. The van der Waals surface area contributed by atoms with E-state index in [1.165, 1.54) is 12.1 Å². The number of nitrogens with two attached hydrogens (primary N) is 1. The molecule has 0 radical (unpaired) electrons. The summed E-state index contributed by atoms with van der Waals surface area (Å²) in [6, 6.07) is 15.2. The first-order valence-electron chi connectivity index (χ1n) is 13.3. The Morgan fingerprint density at radius 2 is 1.79 bits per heavy atom. The van der Waals surface area contributed by atoms with Gasteiger partial charge in [0.1, 0.15) is 5.82 Å². The minimum absolute atomic E-state index is 0.0539. The molecule has 1 heterocycles. The number of H-pyrrole nitrogens is 1. The van der Waals surface area contributed by atoms with Crippen LogP contribution in [0.25, 0.3) is 38.8 Å². The molecule has 5 aromatic rings. The predicted molar refractivity (Wildman–Crippen MR) is 162 cm³/mol. The fraction of sp³-hybridized carbons (Fsp3) is 0.182. The molecule has 0 saturated carbocycles. The molecule has 0 unspecified atom stereocenters. The van der Waals surface area contributed by atoms with Crippen LogP contribution in [0.1, 0.15) is 52.0 Å². The highest BCUT2D eigenvalue weighted by molar-refractivity contribution is 6.35. The van der Waals surface area contributed by atoms with E-state index in [1.54, 1.807) is 45.9 Å². The lowest BCUT2D eigenvalue weighted by Gasteiger charge is -2.20. The zero-order valence-corrected chi connectivity index (χ0v) is 24.1. The van der Waals surface area contributed by atoms with Crippen LogP contribution in [-0.4, -0.2) is 20.6 Å². The van der Waals surface area contributed by atoms with E-state index < -0.39 is 28.6 Å². The number of aromatic amines is 1. The molecule has 0 spiro atoms. The number of primary amides is 1. The Balaban J connectivity index is 1.64. The average molecular weight is 584 g/mol. The number of hydrogen-bond donors (Lipinski definition) is 3. The third kappa shape index (κ3) is 4.18. The predicted octanol–water partition coefficient (Wildman–Crippen LogP) is 5.65. The summed E-state index contributed by atoms with van der Waals surface area (Å²) in [7, 11) is 0. The van der Waals surface area contributed by atoms with Crippen molar-refractivity contribution in [3.05, 3.63) is 120 Å². The van der Waals surface area contributed by atoms with Gasteiger partial charge in [-0.15, -0.1) is 0 Å². The Labute approximate surface area is 245 Å². The molecule has 0 fully saturated rings. The van der Waals surface area contributed by atoms with Crippen LogP contribution in [0.5, 0.6) is 0 Å². The van der Waals surface area contributed by atoms with Gasteiger partial charge >= 0.3 is 5.69 Å². The van der Waals surface area contributed by atoms with Gasteiger partial charge in [0.15, 0.2) is 0 Å². The van der Waals surface area contributed by atoms with Crippen LogP contribution < -0.4 is 17.0 Å². The summed E-state index contributed by atoms with van der Waals surface area (Å²) < 4.78 is 15.6. The Morgan fingerprint density at radius 3 is 2.48 bits per heavy atom. The maximum atomic E-state index is 14.6. The quantitative estimate of drug-likeness (QED) is 0.248. The third-order valence-electron chi connectivity index (χ3n) is 8.02. The lowest BCUT2D eigenvalue weighted by Crippen LogP contribution is -2.34. The van der Waals surface area contributed by atoms with E-state index in [1.807, 2.05) is 24.3 Å². The van der Waals surface area contributed by atoms with Crippen LogP contribution in [0.15, 0.2) is 64.2 Å². The van der Waals surface area contributed by atoms with Gasteiger partial charge in [0.25, 0.3) is 5.56 Å². The number of amides is 1. The van der Waals surface area contributed by atoms with Crippen molar-refractivity contribution in [1.29, 1.82) is 0 Å². The number of aryl methyl sites for hydroxylation is 1. The average Bonchev–Trinajstić information content (AvgIpc) is 3.28. The van der Waals surface area contributed by atoms with E-state index in [9.17, 15) is 23.9 Å². The van der Waals surface area contributed by atoms with E-state index >= 15 is 0 Å². The molecule has 1 aliphatic rings. The second-order valence-corrected chi connectivity index (χ2v) is 11.7. The molecular weight excluding hydrogens is 557 g/mol. The van der Waals surface area contributed by atoms with Gasteiger partial charge in [0.05, 0.1) is 22.2 Å². The number of halogens is 2. The van der Waals surface area contributed by atoms with E-state index in [2.05, 4.69) is 4.98 Å². The molecule has 1 aliphatic carbocycles. The highest BCUT2D eigenvalue weighted by Gasteiger charge is 2.31. The number of aromatic nitrogens is 2. The highest BCUT2D eigenvalue weighted by Crippen LogP contribution is 2.49. The monoisotopic (exact) mass is 583 g/mol. The van der Waals surface area contributed by atoms with Crippen molar-refractivity contribution in [2.45, 2.75) is 39.7 Å². The van der Waals surface area contributed by atoms with E-state index in [4.69, 9.17) is 17.3 Å². The lowest BCUT2D eigenvalue weighted by molar-refractivity contribution is 0.0785. The molecule has 7 nitrogen and oxygen atoms in total. The topological polar surface area (TPSA) is 118 Å². The number of nitrogens with zero attached hydrogens (tertiary/aromatic N) is 1. The summed E-state index contributed by atoms with van der Waals surface area (Å²) >= 11 is 6.88. The van der Waals surface area contributed by atoms with Crippen molar-refractivity contribution in [3.63, 3.8) is 0 Å². The molecule has 0 saturated heterocycles. The lowest BCUT2D eigenvalue weighted by atomic mass is 9.88. The molecule has 1 aromatic heterocycles. The molecule has 0 atom stereocenters. The molecule has 6 rings (SSSR count). The van der Waals surface area contributed by atoms with E-state index in [0.29, 0.717) is 45.5 Å². The van der Waals surface area contributed by atoms with Gasteiger partial charge < -0.3 is 15.8 Å². The van der Waals surface area contributed by atoms with Crippen molar-refractivity contribution in [2.24, 2.45) is 5.73 Å². The minimum atomic E-state index is -1.07. The summed E-state index contributed by atoms with van der Waals surface area (Å²) in [5, 5.41) is 10.9. The van der Waals surface area contributed by atoms with Gasteiger partial charge in [-0.3, -0.25) is 9.59 Å². The fourth-order valence-electron chi connectivity index (χ4n) is 5.98. The van der Waals surface area contributed by atoms with Gasteiger partial charge in [-0.25, -0.2) is 13.8 Å². The van der Waals surface area contributed by atoms with E-state index in [0.717, 1.165) is 26.8 Å².